The van der Waals surface area contributed by atoms with Crippen LogP contribution in [-0.2, 0) is 6.54 Å². The minimum atomic E-state index is -0.220. The number of aryl methyl sites for hydroxylation is 1. The zero-order valence-electron chi connectivity index (χ0n) is 8.53. The van der Waals surface area contributed by atoms with Gasteiger partial charge in [0.2, 0.25) is 0 Å². The predicted octanol–water partition coefficient (Wildman–Crippen LogP) is 0.778. The summed E-state index contributed by atoms with van der Waals surface area (Å²) in [5.41, 5.74) is 0.384. The SMILES string of the molecule is CCn1cc(Br)c(C(=O)NCCCO)n1. The summed E-state index contributed by atoms with van der Waals surface area (Å²) in [6, 6.07) is 0. The molecule has 0 aromatic carbocycles. The van der Waals surface area contributed by atoms with Crippen LogP contribution in [0.5, 0.6) is 0 Å². The maximum absolute atomic E-state index is 11.6. The fraction of sp³-hybridized carbons (Fsp3) is 0.556. The average Bonchev–Trinajstić information content (AvgIpc) is 2.60. The summed E-state index contributed by atoms with van der Waals surface area (Å²) >= 11 is 3.27. The Morgan fingerprint density at radius 3 is 3.00 bits per heavy atom. The highest BCUT2D eigenvalue weighted by molar-refractivity contribution is 9.10. The molecule has 15 heavy (non-hydrogen) atoms. The van der Waals surface area contributed by atoms with Gasteiger partial charge in [0.15, 0.2) is 5.69 Å². The van der Waals surface area contributed by atoms with Gasteiger partial charge in [0.25, 0.3) is 5.91 Å². The van der Waals surface area contributed by atoms with Gasteiger partial charge >= 0.3 is 0 Å². The number of aliphatic hydroxyl groups excluding tert-OH is 1. The molecule has 0 bridgehead atoms. The van der Waals surface area contributed by atoms with Crippen molar-refractivity contribution in [3.8, 4) is 0 Å². The Morgan fingerprint density at radius 1 is 1.73 bits per heavy atom. The van der Waals surface area contributed by atoms with Gasteiger partial charge in [-0.25, -0.2) is 0 Å². The molecule has 0 saturated heterocycles. The Balaban J connectivity index is 2.60. The molecule has 0 atom stereocenters. The monoisotopic (exact) mass is 275 g/mol. The van der Waals surface area contributed by atoms with E-state index in [0.29, 0.717) is 23.1 Å². The number of amides is 1. The second-order valence-electron chi connectivity index (χ2n) is 3.01. The molecule has 1 aromatic heterocycles. The quantitative estimate of drug-likeness (QED) is 0.781. The summed E-state index contributed by atoms with van der Waals surface area (Å²) in [6.45, 7) is 3.21. The van der Waals surface area contributed by atoms with Gasteiger partial charge in [-0.05, 0) is 29.3 Å². The van der Waals surface area contributed by atoms with E-state index < -0.39 is 0 Å². The molecule has 84 valence electrons. The lowest BCUT2D eigenvalue weighted by Crippen LogP contribution is -2.25. The first-order chi connectivity index (χ1) is 7.19. The third-order valence-corrected chi connectivity index (χ3v) is 2.46. The van der Waals surface area contributed by atoms with Crippen molar-refractivity contribution in [3.05, 3.63) is 16.4 Å². The van der Waals surface area contributed by atoms with E-state index in [2.05, 4.69) is 26.3 Å². The highest BCUT2D eigenvalue weighted by Gasteiger charge is 2.13. The fourth-order valence-electron chi connectivity index (χ4n) is 1.08. The molecule has 1 heterocycles. The van der Waals surface area contributed by atoms with Crippen LogP contribution in [0, 0.1) is 0 Å². The minimum absolute atomic E-state index is 0.0743. The van der Waals surface area contributed by atoms with Crippen molar-refractivity contribution in [3.63, 3.8) is 0 Å². The summed E-state index contributed by atoms with van der Waals surface area (Å²) in [5.74, 6) is -0.220. The number of carbonyl (C=O) groups excluding carboxylic acids is 1. The van der Waals surface area contributed by atoms with E-state index in [1.807, 2.05) is 6.92 Å². The number of rotatable bonds is 5. The number of nitrogens with one attached hydrogen (secondary N) is 1. The van der Waals surface area contributed by atoms with Crippen LogP contribution in [0.1, 0.15) is 23.8 Å². The molecule has 1 amide bonds. The van der Waals surface area contributed by atoms with Gasteiger partial charge < -0.3 is 10.4 Å². The van der Waals surface area contributed by atoms with Gasteiger partial charge in [0.05, 0.1) is 4.47 Å². The molecule has 1 aromatic rings. The first-order valence-electron chi connectivity index (χ1n) is 4.81. The maximum Gasteiger partial charge on any atom is 0.272 e. The number of nitrogens with zero attached hydrogens (tertiary/aromatic N) is 2. The molecule has 5 nitrogen and oxygen atoms in total. The van der Waals surface area contributed by atoms with Crippen LogP contribution >= 0.6 is 15.9 Å². The molecule has 0 radical (unpaired) electrons. The first-order valence-corrected chi connectivity index (χ1v) is 5.60. The Labute approximate surface area is 96.6 Å². The minimum Gasteiger partial charge on any atom is -0.396 e. The second-order valence-corrected chi connectivity index (χ2v) is 3.87. The molecule has 6 heteroatoms. The van der Waals surface area contributed by atoms with Crippen molar-refractivity contribution >= 4 is 21.8 Å². The van der Waals surface area contributed by atoms with Crippen LogP contribution in [0.4, 0.5) is 0 Å². The molecule has 0 unspecified atom stereocenters. The molecule has 2 N–H and O–H groups in total. The van der Waals surface area contributed by atoms with Crippen molar-refractivity contribution < 1.29 is 9.90 Å². The van der Waals surface area contributed by atoms with Crippen LogP contribution in [-0.4, -0.2) is 33.9 Å². The Bertz CT molecular complexity index is 338. The lowest BCUT2D eigenvalue weighted by Gasteiger charge is -2.01. The summed E-state index contributed by atoms with van der Waals surface area (Å²) in [7, 11) is 0. The summed E-state index contributed by atoms with van der Waals surface area (Å²) in [4.78, 5) is 11.6. The number of hydrogen-bond acceptors (Lipinski definition) is 3. The zero-order chi connectivity index (χ0) is 11.3. The van der Waals surface area contributed by atoms with E-state index in [1.165, 1.54) is 0 Å². The van der Waals surface area contributed by atoms with E-state index in [9.17, 15) is 4.79 Å². The lowest BCUT2D eigenvalue weighted by molar-refractivity contribution is 0.0944. The van der Waals surface area contributed by atoms with E-state index in [-0.39, 0.29) is 12.5 Å². The van der Waals surface area contributed by atoms with Gasteiger partial charge in [-0.15, -0.1) is 0 Å². The summed E-state index contributed by atoms with van der Waals surface area (Å²) < 4.78 is 2.37. The van der Waals surface area contributed by atoms with Gasteiger partial charge in [-0.1, -0.05) is 0 Å². The number of halogens is 1. The zero-order valence-corrected chi connectivity index (χ0v) is 10.1. The van der Waals surface area contributed by atoms with E-state index in [1.54, 1.807) is 10.9 Å². The van der Waals surface area contributed by atoms with Crippen molar-refractivity contribution in [1.29, 1.82) is 0 Å². The molecule has 0 spiro atoms. The molecular formula is C9H14BrN3O2. The number of aliphatic hydroxyl groups is 1. The van der Waals surface area contributed by atoms with Gasteiger partial charge in [0, 0.05) is 25.9 Å². The molecule has 0 saturated carbocycles. The van der Waals surface area contributed by atoms with Crippen LogP contribution in [0.25, 0.3) is 0 Å². The van der Waals surface area contributed by atoms with E-state index in [0.717, 1.165) is 6.54 Å². The van der Waals surface area contributed by atoms with Gasteiger partial charge in [0.1, 0.15) is 0 Å². The molecule has 0 aliphatic heterocycles. The van der Waals surface area contributed by atoms with Crippen molar-refractivity contribution in [2.75, 3.05) is 13.2 Å². The maximum atomic E-state index is 11.6. The normalized spacial score (nSPS) is 10.3. The highest BCUT2D eigenvalue weighted by atomic mass is 79.9. The molecule has 1 rings (SSSR count). The van der Waals surface area contributed by atoms with Crippen molar-refractivity contribution in [2.45, 2.75) is 19.9 Å². The molecule has 0 aliphatic carbocycles. The average molecular weight is 276 g/mol. The predicted molar refractivity (Wildman–Crippen MR) is 59.6 cm³/mol. The Hall–Kier alpha value is -0.880. The molecule has 0 fully saturated rings. The van der Waals surface area contributed by atoms with Crippen molar-refractivity contribution in [2.24, 2.45) is 0 Å². The number of carbonyl (C=O) groups is 1. The smallest absolute Gasteiger partial charge is 0.272 e. The lowest BCUT2D eigenvalue weighted by atomic mass is 10.4. The van der Waals surface area contributed by atoms with Crippen LogP contribution in [0.15, 0.2) is 10.7 Å². The third-order valence-electron chi connectivity index (χ3n) is 1.88. The topological polar surface area (TPSA) is 67.2 Å². The fourth-order valence-corrected chi connectivity index (χ4v) is 1.57. The number of hydrogen-bond donors (Lipinski definition) is 2. The van der Waals surface area contributed by atoms with E-state index >= 15 is 0 Å². The summed E-state index contributed by atoms with van der Waals surface area (Å²) in [5, 5.41) is 15.3. The third kappa shape index (κ3) is 3.32. The largest absolute Gasteiger partial charge is 0.396 e. The molecule has 0 aliphatic rings. The standard InChI is InChI=1S/C9H14BrN3O2/c1-2-13-6-7(10)8(12-13)9(15)11-4-3-5-14/h6,14H,2-5H2,1H3,(H,11,15). The Morgan fingerprint density at radius 2 is 2.47 bits per heavy atom. The highest BCUT2D eigenvalue weighted by Crippen LogP contribution is 2.14. The summed E-state index contributed by atoms with van der Waals surface area (Å²) in [6.07, 6.45) is 2.32. The van der Waals surface area contributed by atoms with Gasteiger partial charge in [-0.3, -0.25) is 9.48 Å². The van der Waals surface area contributed by atoms with Crippen LogP contribution in [0.2, 0.25) is 0 Å². The number of aromatic nitrogens is 2. The first kappa shape index (κ1) is 12.2. The van der Waals surface area contributed by atoms with Crippen LogP contribution < -0.4 is 5.32 Å². The Kier molecular flexibility index (Phi) is 4.77. The van der Waals surface area contributed by atoms with Gasteiger partial charge in [-0.2, -0.15) is 5.10 Å². The van der Waals surface area contributed by atoms with E-state index in [4.69, 9.17) is 5.11 Å². The van der Waals surface area contributed by atoms with Crippen molar-refractivity contribution in [1.82, 2.24) is 15.1 Å². The molecular weight excluding hydrogens is 262 g/mol. The second kappa shape index (κ2) is 5.87. The van der Waals surface area contributed by atoms with Crippen LogP contribution in [0.3, 0.4) is 0 Å².